The highest BCUT2D eigenvalue weighted by atomic mass is 32.1. The minimum absolute atomic E-state index is 0.124. The molecular formula is C27H30N2O7S. The van der Waals surface area contributed by atoms with Gasteiger partial charge in [-0.2, -0.15) is 0 Å². The van der Waals surface area contributed by atoms with Gasteiger partial charge in [-0.05, 0) is 57.0 Å². The Labute approximate surface area is 219 Å². The van der Waals surface area contributed by atoms with Gasteiger partial charge in [0, 0.05) is 11.3 Å². The fourth-order valence-electron chi connectivity index (χ4n) is 3.79. The van der Waals surface area contributed by atoms with Crippen molar-refractivity contribution in [3.63, 3.8) is 0 Å². The van der Waals surface area contributed by atoms with E-state index < -0.39 is 17.8 Å². The van der Waals surface area contributed by atoms with Crippen LogP contribution in [0.5, 0.6) is 17.2 Å². The van der Waals surface area contributed by atoms with Crippen molar-refractivity contribution in [2.75, 3.05) is 38.6 Å². The number of aryl methyl sites for hydroxylation is 2. The van der Waals surface area contributed by atoms with Crippen LogP contribution in [0.2, 0.25) is 0 Å². The van der Waals surface area contributed by atoms with Crippen LogP contribution in [0.1, 0.15) is 54.0 Å². The highest BCUT2D eigenvalue weighted by Crippen LogP contribution is 2.39. The van der Waals surface area contributed by atoms with Gasteiger partial charge in [-0.3, -0.25) is 9.59 Å². The summed E-state index contributed by atoms with van der Waals surface area (Å²) >= 11 is 0.995. The molecule has 0 atom stereocenters. The van der Waals surface area contributed by atoms with Crippen molar-refractivity contribution >= 4 is 39.8 Å². The summed E-state index contributed by atoms with van der Waals surface area (Å²) in [6.45, 7) is 7.34. The third-order valence-electron chi connectivity index (χ3n) is 5.62. The molecule has 2 aromatic carbocycles. The summed E-state index contributed by atoms with van der Waals surface area (Å²) in [5.74, 6) is -0.629. The number of carbonyl (C=O) groups is 3. The van der Waals surface area contributed by atoms with Crippen LogP contribution in [0.4, 0.5) is 10.7 Å². The lowest BCUT2D eigenvalue weighted by Gasteiger charge is -2.14. The zero-order valence-corrected chi connectivity index (χ0v) is 22.7. The molecule has 2 amide bonds. The lowest BCUT2D eigenvalue weighted by atomic mass is 10.1. The van der Waals surface area contributed by atoms with Crippen LogP contribution in [0.25, 0.3) is 0 Å². The number of anilines is 2. The van der Waals surface area contributed by atoms with Crippen molar-refractivity contribution in [1.29, 1.82) is 0 Å². The molecule has 1 aromatic heterocycles. The number of rotatable bonds is 9. The molecule has 0 radical (unpaired) electrons. The SMILES string of the molecule is CCOC(=O)c1c(NC(=O)c2cc(OC)c(OC)c(OC)c2)sc(C(=O)Nc2ccc(C)cc2C)c1C. The fourth-order valence-corrected chi connectivity index (χ4v) is 4.87. The quantitative estimate of drug-likeness (QED) is 0.360. The zero-order chi connectivity index (χ0) is 27.3. The van der Waals surface area contributed by atoms with Crippen LogP contribution in [-0.4, -0.2) is 45.7 Å². The van der Waals surface area contributed by atoms with Crippen molar-refractivity contribution < 1.29 is 33.3 Å². The zero-order valence-electron chi connectivity index (χ0n) is 21.9. The maximum Gasteiger partial charge on any atom is 0.341 e. The van der Waals surface area contributed by atoms with Gasteiger partial charge in [0.2, 0.25) is 5.75 Å². The van der Waals surface area contributed by atoms with Crippen LogP contribution in [0.15, 0.2) is 30.3 Å². The Bertz CT molecular complexity index is 1320. The second kappa shape index (κ2) is 11.8. The summed E-state index contributed by atoms with van der Waals surface area (Å²) in [5.41, 5.74) is 3.37. The Balaban J connectivity index is 2.00. The van der Waals surface area contributed by atoms with E-state index in [-0.39, 0.29) is 27.6 Å². The minimum Gasteiger partial charge on any atom is -0.493 e. The molecule has 0 saturated carbocycles. The topological polar surface area (TPSA) is 112 Å². The second-order valence-electron chi connectivity index (χ2n) is 8.12. The summed E-state index contributed by atoms with van der Waals surface area (Å²) < 4.78 is 21.2. The molecule has 0 saturated heterocycles. The van der Waals surface area contributed by atoms with Crippen LogP contribution in [-0.2, 0) is 4.74 Å². The monoisotopic (exact) mass is 526 g/mol. The summed E-state index contributed by atoms with van der Waals surface area (Å²) in [5, 5.41) is 5.84. The molecule has 196 valence electrons. The van der Waals surface area contributed by atoms with Crippen molar-refractivity contribution in [2.45, 2.75) is 27.7 Å². The maximum atomic E-state index is 13.2. The van der Waals surface area contributed by atoms with Gasteiger partial charge in [-0.15, -0.1) is 11.3 Å². The molecule has 1 heterocycles. The number of nitrogens with one attached hydrogen (secondary N) is 2. The molecule has 3 aromatic rings. The van der Waals surface area contributed by atoms with E-state index >= 15 is 0 Å². The Hall–Kier alpha value is -4.05. The number of benzene rings is 2. The maximum absolute atomic E-state index is 13.2. The molecule has 37 heavy (non-hydrogen) atoms. The van der Waals surface area contributed by atoms with Gasteiger partial charge >= 0.3 is 5.97 Å². The minimum atomic E-state index is -0.637. The predicted octanol–water partition coefficient (Wildman–Crippen LogP) is 5.38. The van der Waals surface area contributed by atoms with Crippen molar-refractivity contribution in [2.24, 2.45) is 0 Å². The molecule has 0 aliphatic rings. The standard InChI is InChI=1S/C27H30N2O7S/c1-8-36-27(32)21-16(4)23(25(31)28-18-10-9-14(2)11-15(18)3)37-26(21)29-24(30)17-12-19(33-5)22(35-7)20(13-17)34-6/h9-13H,8H2,1-7H3,(H,28,31)(H,29,30). The smallest absolute Gasteiger partial charge is 0.341 e. The van der Waals surface area contributed by atoms with Gasteiger partial charge in [0.15, 0.2) is 11.5 Å². The summed E-state index contributed by atoms with van der Waals surface area (Å²) in [6.07, 6.45) is 0. The first-order valence-corrected chi connectivity index (χ1v) is 12.3. The van der Waals surface area contributed by atoms with Gasteiger partial charge < -0.3 is 29.6 Å². The van der Waals surface area contributed by atoms with Gasteiger partial charge in [0.1, 0.15) is 5.00 Å². The number of thiophene rings is 1. The fraction of sp³-hybridized carbons (Fsp3) is 0.296. The number of esters is 1. The van der Waals surface area contributed by atoms with Gasteiger partial charge in [-0.25, -0.2) is 4.79 Å². The van der Waals surface area contributed by atoms with Crippen molar-refractivity contribution in [1.82, 2.24) is 0 Å². The number of carbonyl (C=O) groups excluding carboxylic acids is 3. The predicted molar refractivity (Wildman–Crippen MR) is 143 cm³/mol. The molecule has 10 heteroatoms. The first-order chi connectivity index (χ1) is 17.6. The third-order valence-corrected chi connectivity index (χ3v) is 6.82. The van der Waals surface area contributed by atoms with Crippen LogP contribution >= 0.6 is 11.3 Å². The van der Waals surface area contributed by atoms with E-state index in [1.807, 2.05) is 32.0 Å². The Morgan fingerprint density at radius 2 is 1.51 bits per heavy atom. The molecule has 2 N–H and O–H groups in total. The van der Waals surface area contributed by atoms with Crippen LogP contribution in [0, 0.1) is 20.8 Å². The average Bonchev–Trinajstić information content (AvgIpc) is 3.20. The summed E-state index contributed by atoms with van der Waals surface area (Å²) in [6, 6.07) is 8.68. The van der Waals surface area contributed by atoms with E-state index in [4.69, 9.17) is 18.9 Å². The van der Waals surface area contributed by atoms with E-state index in [1.54, 1.807) is 13.8 Å². The van der Waals surface area contributed by atoms with E-state index in [1.165, 1.54) is 33.5 Å². The number of hydrogen-bond acceptors (Lipinski definition) is 8. The molecule has 0 fully saturated rings. The highest BCUT2D eigenvalue weighted by molar-refractivity contribution is 7.19. The Morgan fingerprint density at radius 1 is 0.865 bits per heavy atom. The van der Waals surface area contributed by atoms with E-state index in [0.29, 0.717) is 28.5 Å². The van der Waals surface area contributed by atoms with Crippen molar-refractivity contribution in [3.8, 4) is 17.2 Å². The van der Waals surface area contributed by atoms with E-state index in [2.05, 4.69) is 10.6 Å². The first-order valence-electron chi connectivity index (χ1n) is 11.5. The first kappa shape index (κ1) is 27.5. The third kappa shape index (κ3) is 5.86. The number of hydrogen-bond donors (Lipinski definition) is 2. The molecular weight excluding hydrogens is 496 g/mol. The Morgan fingerprint density at radius 3 is 2.05 bits per heavy atom. The molecule has 0 bridgehead atoms. The molecule has 0 spiro atoms. The van der Waals surface area contributed by atoms with E-state index in [0.717, 1.165) is 22.5 Å². The number of ether oxygens (including phenoxy) is 4. The number of methoxy groups -OCH3 is 3. The molecule has 3 rings (SSSR count). The van der Waals surface area contributed by atoms with Gasteiger partial charge in [0.25, 0.3) is 11.8 Å². The Kier molecular flexibility index (Phi) is 8.77. The summed E-state index contributed by atoms with van der Waals surface area (Å²) in [4.78, 5) is 39.5. The lowest BCUT2D eigenvalue weighted by molar-refractivity contribution is 0.0527. The summed E-state index contributed by atoms with van der Waals surface area (Å²) in [7, 11) is 4.35. The van der Waals surface area contributed by atoms with Crippen LogP contribution < -0.4 is 24.8 Å². The lowest BCUT2D eigenvalue weighted by Crippen LogP contribution is -2.15. The van der Waals surface area contributed by atoms with Crippen LogP contribution in [0.3, 0.4) is 0 Å². The molecule has 0 aliphatic heterocycles. The van der Waals surface area contributed by atoms with Crippen molar-refractivity contribution in [3.05, 3.63) is 63.0 Å². The van der Waals surface area contributed by atoms with Gasteiger partial charge in [-0.1, -0.05) is 17.7 Å². The van der Waals surface area contributed by atoms with Gasteiger partial charge in [0.05, 0.1) is 38.4 Å². The molecule has 0 unspecified atom stereocenters. The second-order valence-corrected chi connectivity index (χ2v) is 9.14. The highest BCUT2D eigenvalue weighted by Gasteiger charge is 2.28. The largest absolute Gasteiger partial charge is 0.493 e. The molecule has 9 nitrogen and oxygen atoms in total. The normalized spacial score (nSPS) is 10.5. The number of amides is 2. The molecule has 0 aliphatic carbocycles. The van der Waals surface area contributed by atoms with E-state index in [9.17, 15) is 14.4 Å². The average molecular weight is 527 g/mol.